The van der Waals surface area contributed by atoms with E-state index in [2.05, 4.69) is 10.3 Å². The van der Waals surface area contributed by atoms with Crippen LogP contribution >= 0.6 is 0 Å². The van der Waals surface area contributed by atoms with Gasteiger partial charge >= 0.3 is 0 Å². The summed E-state index contributed by atoms with van der Waals surface area (Å²) in [6, 6.07) is 9.76. The van der Waals surface area contributed by atoms with Gasteiger partial charge in [-0.3, -0.25) is 0 Å². The first-order valence-corrected chi connectivity index (χ1v) is 7.83. The lowest BCUT2D eigenvalue weighted by Crippen LogP contribution is -2.20. The lowest BCUT2D eigenvalue weighted by Gasteiger charge is -2.09. The molecule has 1 N–H and O–H groups in total. The van der Waals surface area contributed by atoms with Crippen LogP contribution in [0.5, 0.6) is 5.75 Å². The SMILES string of the molecule is CCOc1ccc(/C=C/c2nc(C#N)c(NCCN(C)C)o2)cc1. The lowest BCUT2D eigenvalue weighted by molar-refractivity contribution is 0.340. The van der Waals surface area contributed by atoms with E-state index in [1.165, 1.54) is 0 Å². The van der Waals surface area contributed by atoms with E-state index in [0.29, 0.717) is 24.9 Å². The molecule has 0 atom stereocenters. The molecule has 0 saturated heterocycles. The van der Waals surface area contributed by atoms with Gasteiger partial charge in [-0.05, 0) is 44.8 Å². The second-order valence-electron chi connectivity index (χ2n) is 5.41. The van der Waals surface area contributed by atoms with Gasteiger partial charge < -0.3 is 19.4 Å². The van der Waals surface area contributed by atoms with Crippen LogP contribution in [0.15, 0.2) is 28.7 Å². The molecule has 0 amide bonds. The molecule has 6 heteroatoms. The van der Waals surface area contributed by atoms with Crippen LogP contribution in [0.3, 0.4) is 0 Å². The first-order chi connectivity index (χ1) is 11.6. The molecule has 2 rings (SSSR count). The van der Waals surface area contributed by atoms with E-state index < -0.39 is 0 Å². The summed E-state index contributed by atoms with van der Waals surface area (Å²) < 4.78 is 11.0. The average Bonchev–Trinajstić information content (AvgIpc) is 2.96. The minimum absolute atomic E-state index is 0.264. The highest BCUT2D eigenvalue weighted by Gasteiger charge is 2.10. The molecular weight excluding hydrogens is 304 g/mol. The maximum atomic E-state index is 9.15. The standard InChI is InChI=1S/C18H22N4O2/c1-4-23-15-8-5-14(6-9-15)7-10-17-21-16(13-19)18(24-17)20-11-12-22(2)3/h5-10,20H,4,11-12H2,1-3H3/b10-7+. The molecule has 2 aromatic rings. The zero-order chi connectivity index (χ0) is 17.4. The molecule has 1 aromatic carbocycles. The van der Waals surface area contributed by atoms with Crippen molar-refractivity contribution < 1.29 is 9.15 Å². The van der Waals surface area contributed by atoms with Crippen LogP contribution in [-0.2, 0) is 0 Å². The molecule has 0 unspecified atom stereocenters. The minimum Gasteiger partial charge on any atom is -0.494 e. The summed E-state index contributed by atoms with van der Waals surface area (Å²) in [6.45, 7) is 4.11. The molecule has 1 heterocycles. The molecule has 126 valence electrons. The summed E-state index contributed by atoms with van der Waals surface area (Å²) >= 11 is 0. The Bertz CT molecular complexity index is 712. The van der Waals surface area contributed by atoms with Crippen molar-refractivity contribution >= 4 is 18.0 Å². The monoisotopic (exact) mass is 326 g/mol. The van der Waals surface area contributed by atoms with Gasteiger partial charge in [0.2, 0.25) is 17.5 Å². The van der Waals surface area contributed by atoms with Gasteiger partial charge in [0.1, 0.15) is 11.8 Å². The Labute approximate surface area is 142 Å². The van der Waals surface area contributed by atoms with Gasteiger partial charge in [-0.15, -0.1) is 0 Å². The number of nitrogens with one attached hydrogen (secondary N) is 1. The molecule has 0 spiro atoms. The fourth-order valence-electron chi connectivity index (χ4n) is 2.01. The Morgan fingerprint density at radius 2 is 2.04 bits per heavy atom. The van der Waals surface area contributed by atoms with Crippen LogP contribution in [0, 0.1) is 11.3 Å². The van der Waals surface area contributed by atoms with Crippen molar-refractivity contribution in [3.05, 3.63) is 41.4 Å². The van der Waals surface area contributed by atoms with Crippen LogP contribution in [0.1, 0.15) is 24.1 Å². The number of oxazole rings is 1. The number of hydrogen-bond acceptors (Lipinski definition) is 6. The first kappa shape index (κ1) is 17.6. The van der Waals surface area contributed by atoms with E-state index in [9.17, 15) is 0 Å². The summed E-state index contributed by atoms with van der Waals surface area (Å²) in [5, 5.41) is 12.2. The minimum atomic E-state index is 0.264. The fraction of sp³-hybridized carbons (Fsp3) is 0.333. The van der Waals surface area contributed by atoms with Gasteiger partial charge in [0.05, 0.1) is 6.61 Å². The Hall–Kier alpha value is -2.78. The fourth-order valence-corrected chi connectivity index (χ4v) is 2.01. The van der Waals surface area contributed by atoms with Crippen molar-refractivity contribution in [3.63, 3.8) is 0 Å². The van der Waals surface area contributed by atoms with Gasteiger partial charge in [0.25, 0.3) is 0 Å². The highest BCUT2D eigenvalue weighted by molar-refractivity contribution is 5.67. The summed E-state index contributed by atoms with van der Waals surface area (Å²) in [5.74, 6) is 1.64. The molecular formula is C18H22N4O2. The van der Waals surface area contributed by atoms with Crippen molar-refractivity contribution in [1.82, 2.24) is 9.88 Å². The molecule has 0 aliphatic carbocycles. The molecule has 0 bridgehead atoms. The van der Waals surface area contributed by atoms with E-state index in [4.69, 9.17) is 14.4 Å². The third-order valence-corrected chi connectivity index (χ3v) is 3.20. The van der Waals surface area contributed by atoms with E-state index in [-0.39, 0.29) is 5.69 Å². The number of aromatic nitrogens is 1. The van der Waals surface area contributed by atoms with Crippen molar-refractivity contribution in [1.29, 1.82) is 5.26 Å². The number of benzene rings is 1. The molecule has 24 heavy (non-hydrogen) atoms. The lowest BCUT2D eigenvalue weighted by atomic mass is 10.2. The number of likely N-dealkylation sites (N-methyl/N-ethyl adjacent to an activating group) is 1. The maximum absolute atomic E-state index is 9.15. The largest absolute Gasteiger partial charge is 0.494 e. The zero-order valence-electron chi connectivity index (χ0n) is 14.2. The Kier molecular flexibility index (Phi) is 6.41. The van der Waals surface area contributed by atoms with E-state index in [1.54, 1.807) is 6.08 Å². The second kappa shape index (κ2) is 8.75. The number of anilines is 1. The quantitative estimate of drug-likeness (QED) is 0.803. The van der Waals surface area contributed by atoms with Crippen LogP contribution < -0.4 is 10.1 Å². The predicted octanol–water partition coefficient (Wildman–Crippen LogP) is 3.09. The Balaban J connectivity index is 2.03. The van der Waals surface area contributed by atoms with Gasteiger partial charge in [-0.2, -0.15) is 10.2 Å². The molecule has 0 saturated carbocycles. The third kappa shape index (κ3) is 5.14. The predicted molar refractivity (Wildman–Crippen MR) is 94.8 cm³/mol. The smallest absolute Gasteiger partial charge is 0.232 e. The summed E-state index contributed by atoms with van der Waals surface area (Å²) in [4.78, 5) is 6.22. The normalized spacial score (nSPS) is 11.0. The number of nitrogens with zero attached hydrogens (tertiary/aromatic N) is 3. The first-order valence-electron chi connectivity index (χ1n) is 7.83. The van der Waals surface area contributed by atoms with Gasteiger partial charge in [-0.25, -0.2) is 0 Å². The topological polar surface area (TPSA) is 74.3 Å². The maximum Gasteiger partial charge on any atom is 0.232 e. The summed E-state index contributed by atoms with van der Waals surface area (Å²) in [7, 11) is 3.97. The average molecular weight is 326 g/mol. The summed E-state index contributed by atoms with van der Waals surface area (Å²) in [6.07, 6.45) is 3.62. The number of rotatable bonds is 8. The van der Waals surface area contributed by atoms with Crippen LogP contribution in [-0.4, -0.2) is 43.7 Å². The zero-order valence-corrected chi connectivity index (χ0v) is 14.2. The molecule has 0 fully saturated rings. The highest BCUT2D eigenvalue weighted by atomic mass is 16.5. The number of nitriles is 1. The van der Waals surface area contributed by atoms with E-state index in [1.807, 2.05) is 62.3 Å². The third-order valence-electron chi connectivity index (χ3n) is 3.20. The van der Waals surface area contributed by atoms with Gasteiger partial charge in [0, 0.05) is 19.2 Å². The molecule has 1 aromatic heterocycles. The Morgan fingerprint density at radius 1 is 1.29 bits per heavy atom. The molecule has 0 aliphatic rings. The van der Waals surface area contributed by atoms with Crippen LogP contribution in [0.2, 0.25) is 0 Å². The summed E-state index contributed by atoms with van der Waals surface area (Å²) in [5.41, 5.74) is 1.26. The van der Waals surface area contributed by atoms with Crippen molar-refractivity contribution in [3.8, 4) is 11.8 Å². The molecule has 6 nitrogen and oxygen atoms in total. The van der Waals surface area contributed by atoms with Crippen LogP contribution in [0.25, 0.3) is 12.2 Å². The van der Waals surface area contributed by atoms with E-state index >= 15 is 0 Å². The van der Waals surface area contributed by atoms with E-state index in [0.717, 1.165) is 17.9 Å². The molecule has 0 aliphatic heterocycles. The van der Waals surface area contributed by atoms with Crippen LogP contribution in [0.4, 0.5) is 5.88 Å². The van der Waals surface area contributed by atoms with Gasteiger partial charge in [-0.1, -0.05) is 12.1 Å². The Morgan fingerprint density at radius 3 is 2.67 bits per heavy atom. The number of ether oxygens (including phenoxy) is 1. The second-order valence-corrected chi connectivity index (χ2v) is 5.41. The van der Waals surface area contributed by atoms with Crippen molar-refractivity contribution in [2.24, 2.45) is 0 Å². The van der Waals surface area contributed by atoms with Gasteiger partial charge in [0.15, 0.2) is 0 Å². The number of hydrogen-bond donors (Lipinski definition) is 1. The van der Waals surface area contributed by atoms with Crippen molar-refractivity contribution in [2.45, 2.75) is 6.92 Å². The molecule has 0 radical (unpaired) electrons. The highest BCUT2D eigenvalue weighted by Crippen LogP contribution is 2.19. The van der Waals surface area contributed by atoms with Crippen molar-refractivity contribution in [2.75, 3.05) is 39.1 Å².